The molecule has 4 aromatic rings. The Morgan fingerprint density at radius 3 is 1.23 bits per heavy atom. The van der Waals surface area contributed by atoms with E-state index < -0.39 is 0 Å². The molecule has 0 unspecified atom stereocenters. The second-order valence-electron chi connectivity index (χ2n) is 6.71. The zero-order chi connectivity index (χ0) is 17.5. The molecule has 0 aliphatic heterocycles. The summed E-state index contributed by atoms with van der Waals surface area (Å²) in [7, 11) is 0. The Kier molecular flexibility index (Phi) is 3.39. The van der Waals surface area contributed by atoms with Crippen molar-refractivity contribution in [2.45, 2.75) is 5.92 Å². The third kappa shape index (κ3) is 2.18. The molecule has 26 heavy (non-hydrogen) atoms. The maximum absolute atomic E-state index is 10.4. The van der Waals surface area contributed by atoms with Crippen LogP contribution in [0.2, 0.25) is 0 Å². The molecule has 1 heteroatoms. The van der Waals surface area contributed by atoms with E-state index in [4.69, 9.17) is 0 Å². The second kappa shape index (κ2) is 5.89. The molecule has 0 saturated carbocycles. The van der Waals surface area contributed by atoms with E-state index in [9.17, 15) is 5.11 Å². The van der Waals surface area contributed by atoms with E-state index in [1.54, 1.807) is 6.07 Å². The van der Waals surface area contributed by atoms with Crippen LogP contribution in [-0.2, 0) is 0 Å². The van der Waals surface area contributed by atoms with E-state index >= 15 is 0 Å². The summed E-state index contributed by atoms with van der Waals surface area (Å²) in [6.07, 6.45) is 0. The largest absolute Gasteiger partial charge is 0.507 e. The summed E-state index contributed by atoms with van der Waals surface area (Å²) >= 11 is 0. The van der Waals surface area contributed by atoms with Gasteiger partial charge in [-0.25, -0.2) is 0 Å². The molecule has 0 bridgehead atoms. The fraction of sp³-hybridized carbons (Fsp3) is 0.0400. The van der Waals surface area contributed by atoms with E-state index in [-0.39, 0.29) is 5.92 Å². The molecular formula is C25H18O. The maximum atomic E-state index is 10.4. The fourth-order valence-corrected chi connectivity index (χ4v) is 4.19. The van der Waals surface area contributed by atoms with Gasteiger partial charge in [-0.15, -0.1) is 0 Å². The number of phenols is 1. The number of para-hydroxylation sites is 1. The molecule has 0 atom stereocenters. The summed E-state index contributed by atoms with van der Waals surface area (Å²) in [6.45, 7) is 0. The van der Waals surface area contributed by atoms with Gasteiger partial charge in [0.1, 0.15) is 5.75 Å². The molecule has 0 fully saturated rings. The molecule has 0 aromatic heterocycles. The number of phenolic OH excluding ortho intramolecular Hbond substituents is 1. The highest BCUT2D eigenvalue weighted by Gasteiger charge is 2.30. The highest BCUT2D eigenvalue weighted by molar-refractivity contribution is 5.83. The molecule has 4 aromatic carbocycles. The Hall–Kier alpha value is -3.32. The molecule has 1 N–H and O–H groups in total. The first-order valence-corrected chi connectivity index (χ1v) is 8.90. The molecule has 0 amide bonds. The number of hydrogen-bond acceptors (Lipinski definition) is 1. The first-order chi connectivity index (χ1) is 12.8. The maximum Gasteiger partial charge on any atom is 0.123 e. The van der Waals surface area contributed by atoms with E-state index in [0.29, 0.717) is 5.75 Å². The smallest absolute Gasteiger partial charge is 0.123 e. The second-order valence-corrected chi connectivity index (χ2v) is 6.71. The monoisotopic (exact) mass is 334 g/mol. The van der Waals surface area contributed by atoms with E-state index in [1.807, 2.05) is 24.3 Å². The van der Waals surface area contributed by atoms with Crippen LogP contribution in [-0.4, -0.2) is 5.11 Å². The van der Waals surface area contributed by atoms with Crippen molar-refractivity contribution >= 4 is 0 Å². The lowest BCUT2D eigenvalue weighted by atomic mass is 9.84. The lowest BCUT2D eigenvalue weighted by Gasteiger charge is -2.19. The van der Waals surface area contributed by atoms with Crippen molar-refractivity contribution in [2.24, 2.45) is 0 Å². The summed E-state index contributed by atoms with van der Waals surface area (Å²) < 4.78 is 0. The van der Waals surface area contributed by atoms with Gasteiger partial charge >= 0.3 is 0 Å². The topological polar surface area (TPSA) is 20.2 Å². The molecule has 1 aliphatic rings. The van der Waals surface area contributed by atoms with Crippen LogP contribution < -0.4 is 0 Å². The van der Waals surface area contributed by atoms with E-state index in [1.165, 1.54) is 27.8 Å². The number of benzene rings is 4. The molecule has 0 heterocycles. The van der Waals surface area contributed by atoms with Crippen molar-refractivity contribution in [2.75, 3.05) is 0 Å². The van der Waals surface area contributed by atoms with Crippen molar-refractivity contribution in [3.05, 3.63) is 114 Å². The van der Waals surface area contributed by atoms with Crippen molar-refractivity contribution in [3.8, 4) is 28.0 Å². The molecule has 0 spiro atoms. The third-order valence-electron chi connectivity index (χ3n) is 5.30. The normalized spacial score (nSPS) is 12.6. The number of hydrogen-bond donors (Lipinski definition) is 1. The Balaban J connectivity index is 1.79. The Bertz CT molecular complexity index is 1060. The number of aromatic hydroxyl groups is 1. The minimum atomic E-state index is 0.179. The fourth-order valence-electron chi connectivity index (χ4n) is 4.19. The quantitative estimate of drug-likeness (QED) is 0.406. The predicted octanol–water partition coefficient (Wildman–Crippen LogP) is 6.22. The minimum Gasteiger partial charge on any atom is -0.507 e. The Morgan fingerprint density at radius 2 is 0.769 bits per heavy atom. The van der Waals surface area contributed by atoms with Gasteiger partial charge in [0, 0.05) is 11.5 Å². The molecule has 0 radical (unpaired) electrons. The van der Waals surface area contributed by atoms with Crippen LogP contribution in [0.4, 0.5) is 0 Å². The SMILES string of the molecule is Oc1ccccc1-c1ccccc1C1c2ccccc2-c2ccccc21. The highest BCUT2D eigenvalue weighted by Crippen LogP contribution is 2.50. The number of fused-ring (bicyclic) bond motifs is 3. The summed E-state index contributed by atoms with van der Waals surface area (Å²) in [5.41, 5.74) is 8.46. The molecule has 1 aliphatic carbocycles. The van der Waals surface area contributed by atoms with Gasteiger partial charge in [0.25, 0.3) is 0 Å². The first kappa shape index (κ1) is 15.0. The minimum absolute atomic E-state index is 0.179. The van der Waals surface area contributed by atoms with Crippen LogP contribution in [0, 0.1) is 0 Å². The van der Waals surface area contributed by atoms with Crippen LogP contribution in [0.15, 0.2) is 97.1 Å². The van der Waals surface area contributed by atoms with Gasteiger partial charge in [-0.2, -0.15) is 0 Å². The Labute approximate surface area is 153 Å². The van der Waals surface area contributed by atoms with Crippen molar-refractivity contribution in [1.29, 1.82) is 0 Å². The number of rotatable bonds is 2. The van der Waals surface area contributed by atoms with Crippen LogP contribution in [0.25, 0.3) is 22.3 Å². The average molecular weight is 334 g/mol. The van der Waals surface area contributed by atoms with E-state index in [0.717, 1.165) is 11.1 Å². The third-order valence-corrected chi connectivity index (χ3v) is 5.30. The van der Waals surface area contributed by atoms with Gasteiger partial charge in [0.2, 0.25) is 0 Å². The van der Waals surface area contributed by atoms with Gasteiger partial charge in [0.05, 0.1) is 0 Å². The van der Waals surface area contributed by atoms with Gasteiger partial charge in [-0.1, -0.05) is 91.0 Å². The van der Waals surface area contributed by atoms with Gasteiger partial charge in [-0.05, 0) is 39.4 Å². The summed E-state index contributed by atoms with van der Waals surface area (Å²) in [5, 5.41) is 10.4. The van der Waals surface area contributed by atoms with Crippen LogP contribution in [0.5, 0.6) is 5.75 Å². The predicted molar refractivity (Wildman–Crippen MR) is 106 cm³/mol. The summed E-state index contributed by atoms with van der Waals surface area (Å²) in [6, 6.07) is 33.3. The lowest BCUT2D eigenvalue weighted by molar-refractivity contribution is 0.477. The van der Waals surface area contributed by atoms with E-state index in [2.05, 4.69) is 66.7 Å². The van der Waals surface area contributed by atoms with Crippen LogP contribution >= 0.6 is 0 Å². The zero-order valence-corrected chi connectivity index (χ0v) is 14.3. The van der Waals surface area contributed by atoms with Crippen LogP contribution in [0.1, 0.15) is 22.6 Å². The molecular weight excluding hydrogens is 316 g/mol. The first-order valence-electron chi connectivity index (χ1n) is 8.90. The Morgan fingerprint density at radius 1 is 0.423 bits per heavy atom. The summed E-state index contributed by atoms with van der Waals surface area (Å²) in [4.78, 5) is 0. The molecule has 5 rings (SSSR count). The molecule has 124 valence electrons. The summed E-state index contributed by atoms with van der Waals surface area (Å²) in [5.74, 6) is 0.498. The highest BCUT2D eigenvalue weighted by atomic mass is 16.3. The molecule has 1 nitrogen and oxygen atoms in total. The van der Waals surface area contributed by atoms with Crippen LogP contribution in [0.3, 0.4) is 0 Å². The van der Waals surface area contributed by atoms with Crippen molar-refractivity contribution in [3.63, 3.8) is 0 Å². The van der Waals surface area contributed by atoms with Crippen molar-refractivity contribution < 1.29 is 5.11 Å². The van der Waals surface area contributed by atoms with Gasteiger partial charge in [0.15, 0.2) is 0 Å². The van der Waals surface area contributed by atoms with Gasteiger partial charge in [-0.3, -0.25) is 0 Å². The molecule has 0 saturated heterocycles. The average Bonchev–Trinajstić information content (AvgIpc) is 3.03. The lowest BCUT2D eigenvalue weighted by Crippen LogP contribution is -2.01. The standard InChI is InChI=1S/C25H18O/c26-24-16-8-7-12-20(24)19-11-3-6-15-23(19)25-21-13-4-1-9-17(21)18-10-2-5-14-22(18)25/h1-16,25-26H. The van der Waals surface area contributed by atoms with Gasteiger partial charge < -0.3 is 5.11 Å². The zero-order valence-electron chi connectivity index (χ0n) is 14.3. The van der Waals surface area contributed by atoms with Crippen molar-refractivity contribution in [1.82, 2.24) is 0 Å².